The van der Waals surface area contributed by atoms with Gasteiger partial charge >= 0.3 is 0 Å². The van der Waals surface area contributed by atoms with Crippen LogP contribution < -0.4 is 5.32 Å². The number of benzene rings is 2. The number of carbonyl (C=O) groups is 1. The Labute approximate surface area is 152 Å². The minimum atomic E-state index is -0.586. The lowest BCUT2D eigenvalue weighted by Crippen LogP contribution is -2.45. The molecule has 1 heterocycles. The highest BCUT2D eigenvalue weighted by Gasteiger charge is 2.32. The topological polar surface area (TPSA) is 55.1 Å². The number of fused-ring (bicyclic) bond motifs is 1. The van der Waals surface area contributed by atoms with Gasteiger partial charge < -0.3 is 9.84 Å². The van der Waals surface area contributed by atoms with Crippen LogP contribution in [-0.4, -0.2) is 11.1 Å². The predicted octanol–water partition coefficient (Wildman–Crippen LogP) is 4.90. The first-order chi connectivity index (χ1) is 12.5. The van der Waals surface area contributed by atoms with Gasteiger partial charge in [-0.2, -0.15) is 0 Å². The smallest absolute Gasteiger partial charge is 0.229 e. The lowest BCUT2D eigenvalue weighted by molar-refractivity contribution is -0.124. The Bertz CT molecular complexity index is 904. The van der Waals surface area contributed by atoms with Crippen molar-refractivity contribution >= 4 is 16.9 Å². The van der Waals surface area contributed by atoms with E-state index in [9.17, 15) is 9.18 Å². The molecule has 5 heteroatoms. The van der Waals surface area contributed by atoms with Crippen molar-refractivity contribution in [1.29, 1.82) is 0 Å². The van der Waals surface area contributed by atoms with E-state index >= 15 is 0 Å². The Morgan fingerprint density at radius 2 is 1.88 bits per heavy atom. The number of hydrogen-bond donors (Lipinski definition) is 1. The van der Waals surface area contributed by atoms with Gasteiger partial charge in [0, 0.05) is 5.39 Å². The van der Waals surface area contributed by atoms with Crippen LogP contribution in [0.3, 0.4) is 0 Å². The third kappa shape index (κ3) is 3.34. The maximum atomic E-state index is 13.3. The van der Waals surface area contributed by atoms with Crippen LogP contribution in [0.25, 0.3) is 11.0 Å². The number of amides is 1. The monoisotopic (exact) mass is 354 g/mol. The highest BCUT2D eigenvalue weighted by molar-refractivity contribution is 5.90. The maximum absolute atomic E-state index is 13.3. The van der Waals surface area contributed by atoms with Gasteiger partial charge in [-0.05, 0) is 49.6 Å². The average Bonchev–Trinajstić information content (AvgIpc) is 3.07. The molecule has 0 saturated carbocycles. The van der Waals surface area contributed by atoms with Crippen LogP contribution >= 0.6 is 0 Å². The maximum Gasteiger partial charge on any atom is 0.229 e. The molecule has 0 aliphatic heterocycles. The highest BCUT2D eigenvalue weighted by Crippen LogP contribution is 2.30. The number of hydrogen-bond acceptors (Lipinski definition) is 3. The Kier molecular flexibility index (Phi) is 5.07. The first kappa shape index (κ1) is 18.1. The molecule has 0 radical (unpaired) electrons. The van der Waals surface area contributed by atoms with Crippen molar-refractivity contribution in [1.82, 2.24) is 10.5 Å². The number of rotatable bonds is 6. The molecular weight excluding hydrogens is 331 g/mol. The van der Waals surface area contributed by atoms with Crippen molar-refractivity contribution in [3.63, 3.8) is 0 Å². The molecule has 0 spiro atoms. The summed E-state index contributed by atoms with van der Waals surface area (Å²) in [5.41, 5.74) is 1.61. The fourth-order valence-corrected chi connectivity index (χ4v) is 3.20. The van der Waals surface area contributed by atoms with E-state index in [-0.39, 0.29) is 11.7 Å². The summed E-state index contributed by atoms with van der Waals surface area (Å²) in [6.07, 6.45) is 1.28. The van der Waals surface area contributed by atoms with Crippen LogP contribution in [0.15, 0.2) is 53.1 Å². The number of carbonyl (C=O) groups excluding carboxylic acids is 1. The molecule has 3 rings (SSSR count). The minimum absolute atomic E-state index is 0.111. The van der Waals surface area contributed by atoms with E-state index in [4.69, 9.17) is 4.52 Å². The van der Waals surface area contributed by atoms with Crippen molar-refractivity contribution in [2.24, 2.45) is 0 Å². The second-order valence-electron chi connectivity index (χ2n) is 6.71. The van der Waals surface area contributed by atoms with Crippen LogP contribution in [0.1, 0.15) is 50.8 Å². The zero-order chi connectivity index (χ0) is 18.7. The van der Waals surface area contributed by atoms with Gasteiger partial charge in [0.15, 0.2) is 5.58 Å². The summed E-state index contributed by atoms with van der Waals surface area (Å²) in [7, 11) is 0. The molecule has 0 aliphatic rings. The summed E-state index contributed by atoms with van der Waals surface area (Å²) < 4.78 is 18.6. The van der Waals surface area contributed by atoms with E-state index in [1.165, 1.54) is 12.1 Å². The normalized spacial score (nSPS) is 14.8. The molecule has 0 bridgehead atoms. The van der Waals surface area contributed by atoms with Crippen molar-refractivity contribution in [3.05, 3.63) is 65.6 Å². The number of halogens is 1. The Hall–Kier alpha value is -2.69. The van der Waals surface area contributed by atoms with Gasteiger partial charge in [-0.25, -0.2) is 4.39 Å². The lowest BCUT2D eigenvalue weighted by Gasteiger charge is -2.32. The number of nitrogens with one attached hydrogen (secondary N) is 1. The molecule has 0 fully saturated rings. The second-order valence-corrected chi connectivity index (χ2v) is 6.71. The van der Waals surface area contributed by atoms with Crippen LogP contribution in [-0.2, 0) is 10.3 Å². The van der Waals surface area contributed by atoms with Crippen molar-refractivity contribution < 1.29 is 13.7 Å². The van der Waals surface area contributed by atoms with E-state index in [1.54, 1.807) is 12.1 Å². The SMILES string of the molecule is CCC(C(=O)NC(C)(CC)c1ccc(F)cc1)c1noc2ccccc12. The molecule has 26 heavy (non-hydrogen) atoms. The molecule has 0 saturated heterocycles. The Morgan fingerprint density at radius 3 is 2.54 bits per heavy atom. The molecule has 0 aliphatic carbocycles. The number of para-hydroxylation sites is 1. The predicted molar refractivity (Wildman–Crippen MR) is 99.2 cm³/mol. The molecule has 1 amide bonds. The molecule has 1 N–H and O–H groups in total. The van der Waals surface area contributed by atoms with E-state index in [2.05, 4.69) is 10.5 Å². The average molecular weight is 354 g/mol. The number of aromatic nitrogens is 1. The summed E-state index contributed by atoms with van der Waals surface area (Å²) in [6.45, 7) is 5.90. The number of nitrogens with zero attached hydrogens (tertiary/aromatic N) is 1. The zero-order valence-corrected chi connectivity index (χ0v) is 15.3. The van der Waals surface area contributed by atoms with Crippen LogP contribution in [0.2, 0.25) is 0 Å². The van der Waals surface area contributed by atoms with Gasteiger partial charge in [0.1, 0.15) is 11.5 Å². The molecule has 2 atom stereocenters. The molecule has 2 aromatic carbocycles. The van der Waals surface area contributed by atoms with Crippen LogP contribution in [0, 0.1) is 5.82 Å². The Morgan fingerprint density at radius 1 is 1.19 bits per heavy atom. The van der Waals surface area contributed by atoms with E-state index in [0.29, 0.717) is 24.1 Å². The summed E-state index contributed by atoms with van der Waals surface area (Å²) in [5.74, 6) is -0.816. The van der Waals surface area contributed by atoms with Gasteiger partial charge in [-0.1, -0.05) is 43.3 Å². The van der Waals surface area contributed by atoms with E-state index in [1.807, 2.05) is 45.0 Å². The fourth-order valence-electron chi connectivity index (χ4n) is 3.20. The Balaban J connectivity index is 1.89. The molecule has 3 aromatic rings. The van der Waals surface area contributed by atoms with Crippen LogP contribution in [0.4, 0.5) is 4.39 Å². The molecule has 136 valence electrons. The first-order valence-electron chi connectivity index (χ1n) is 8.91. The molecule has 1 aromatic heterocycles. The fraction of sp³-hybridized carbons (Fsp3) is 0.333. The van der Waals surface area contributed by atoms with Gasteiger partial charge in [0.2, 0.25) is 5.91 Å². The van der Waals surface area contributed by atoms with Crippen LogP contribution in [0.5, 0.6) is 0 Å². The summed E-state index contributed by atoms with van der Waals surface area (Å²) in [5, 5.41) is 8.14. The first-order valence-corrected chi connectivity index (χ1v) is 8.91. The standard InChI is InChI=1S/C21H23FN2O2/c1-4-16(19-17-8-6-7-9-18(17)26-24-19)20(25)23-21(3,5-2)14-10-12-15(22)13-11-14/h6-13,16H,4-5H2,1-3H3,(H,23,25). The van der Waals surface area contributed by atoms with Gasteiger partial charge in [-0.15, -0.1) is 0 Å². The minimum Gasteiger partial charge on any atom is -0.356 e. The van der Waals surface area contributed by atoms with E-state index in [0.717, 1.165) is 10.9 Å². The quantitative estimate of drug-likeness (QED) is 0.685. The second kappa shape index (κ2) is 7.28. The molecular formula is C21H23FN2O2. The lowest BCUT2D eigenvalue weighted by atomic mass is 9.87. The van der Waals surface area contributed by atoms with Crippen molar-refractivity contribution in [2.45, 2.75) is 45.1 Å². The zero-order valence-electron chi connectivity index (χ0n) is 15.3. The van der Waals surface area contributed by atoms with Crippen molar-refractivity contribution in [2.75, 3.05) is 0 Å². The molecule has 4 nitrogen and oxygen atoms in total. The third-order valence-corrected chi connectivity index (χ3v) is 5.05. The van der Waals surface area contributed by atoms with Crippen molar-refractivity contribution in [3.8, 4) is 0 Å². The largest absolute Gasteiger partial charge is 0.356 e. The summed E-state index contributed by atoms with van der Waals surface area (Å²) >= 11 is 0. The van der Waals surface area contributed by atoms with E-state index < -0.39 is 11.5 Å². The summed E-state index contributed by atoms with van der Waals surface area (Å²) in [6, 6.07) is 13.8. The molecule has 2 unspecified atom stereocenters. The van der Waals surface area contributed by atoms with Gasteiger partial charge in [0.05, 0.1) is 11.5 Å². The summed E-state index contributed by atoms with van der Waals surface area (Å²) in [4.78, 5) is 13.1. The highest BCUT2D eigenvalue weighted by atomic mass is 19.1. The third-order valence-electron chi connectivity index (χ3n) is 5.05. The van der Waals surface area contributed by atoms with Gasteiger partial charge in [-0.3, -0.25) is 4.79 Å². The van der Waals surface area contributed by atoms with Gasteiger partial charge in [0.25, 0.3) is 0 Å².